The molecule has 0 aliphatic heterocycles. The van der Waals surface area contributed by atoms with Gasteiger partial charge in [-0.1, -0.05) is 23.3 Å². The van der Waals surface area contributed by atoms with Crippen molar-refractivity contribution in [1.82, 2.24) is 30.2 Å². The molecule has 0 radical (unpaired) electrons. The number of amides is 1. The molecule has 1 amide bonds. The van der Waals surface area contributed by atoms with Crippen molar-refractivity contribution < 1.29 is 9.21 Å². The zero-order valence-electron chi connectivity index (χ0n) is 12.9. The van der Waals surface area contributed by atoms with E-state index in [9.17, 15) is 4.79 Å². The van der Waals surface area contributed by atoms with E-state index in [1.165, 1.54) is 22.3 Å². The number of nitrogens with one attached hydrogen (secondary N) is 1. The molecule has 3 heterocycles. The molecule has 9 nitrogen and oxygen atoms in total. The number of hydrogen-bond donors (Lipinski definition) is 1. The molecule has 25 heavy (non-hydrogen) atoms. The van der Waals surface area contributed by atoms with Crippen LogP contribution in [0.15, 0.2) is 46.3 Å². The van der Waals surface area contributed by atoms with Gasteiger partial charge in [0.05, 0.1) is 16.9 Å². The number of anilines is 1. The van der Waals surface area contributed by atoms with Crippen molar-refractivity contribution in [2.75, 3.05) is 5.32 Å². The second kappa shape index (κ2) is 6.24. The van der Waals surface area contributed by atoms with Crippen molar-refractivity contribution in [2.45, 2.75) is 6.92 Å². The lowest BCUT2D eigenvalue weighted by Crippen LogP contribution is -2.13. The lowest BCUT2D eigenvalue weighted by molar-refractivity contribution is 0.101. The van der Waals surface area contributed by atoms with Crippen LogP contribution in [-0.2, 0) is 0 Å². The molecule has 10 heteroatoms. The molecule has 3 aromatic heterocycles. The topological polar surface area (TPSA) is 112 Å². The Kier molecular flexibility index (Phi) is 3.78. The van der Waals surface area contributed by atoms with E-state index in [1.807, 2.05) is 37.3 Å². The quantitative estimate of drug-likeness (QED) is 0.599. The van der Waals surface area contributed by atoms with Crippen molar-refractivity contribution in [3.63, 3.8) is 0 Å². The molecule has 4 rings (SSSR count). The molecule has 1 N–H and O–H groups in total. The van der Waals surface area contributed by atoms with E-state index in [2.05, 4.69) is 30.7 Å². The smallest absolute Gasteiger partial charge is 0.322 e. The summed E-state index contributed by atoms with van der Waals surface area (Å²) in [7, 11) is 0. The minimum Gasteiger partial charge on any atom is -0.401 e. The average molecular weight is 353 g/mol. The van der Waals surface area contributed by atoms with Gasteiger partial charge in [0, 0.05) is 5.38 Å². The van der Waals surface area contributed by atoms with Gasteiger partial charge in [0.2, 0.25) is 0 Å². The van der Waals surface area contributed by atoms with E-state index in [-0.39, 0.29) is 17.6 Å². The van der Waals surface area contributed by atoms with Gasteiger partial charge in [-0.2, -0.15) is 9.90 Å². The molecular weight excluding hydrogens is 342 g/mol. The Morgan fingerprint density at radius 3 is 2.84 bits per heavy atom. The summed E-state index contributed by atoms with van der Waals surface area (Å²) in [5, 5.41) is 21.1. The first-order valence-corrected chi connectivity index (χ1v) is 8.12. The minimum atomic E-state index is -0.494. The average Bonchev–Trinajstić information content (AvgIpc) is 3.35. The predicted molar refractivity (Wildman–Crippen MR) is 89.5 cm³/mol. The summed E-state index contributed by atoms with van der Waals surface area (Å²) in [5.74, 6) is -0.251. The third-order valence-corrected chi connectivity index (χ3v) is 3.97. The largest absolute Gasteiger partial charge is 0.401 e. The lowest BCUT2D eigenvalue weighted by atomic mass is 10.3. The second-order valence-electron chi connectivity index (χ2n) is 4.97. The highest BCUT2D eigenvalue weighted by molar-refractivity contribution is 7.09. The number of thiazole rings is 1. The molecule has 0 saturated carbocycles. The number of nitrogens with zero attached hydrogens (tertiary/aromatic N) is 6. The molecular formula is C15H11N7O2S. The van der Waals surface area contributed by atoms with E-state index >= 15 is 0 Å². The number of aryl methyl sites for hydroxylation is 1. The molecule has 0 fully saturated rings. The van der Waals surface area contributed by atoms with Crippen LogP contribution in [0, 0.1) is 6.92 Å². The number of rotatable bonds is 4. The number of carbonyl (C=O) groups excluding carboxylic acids is 1. The summed E-state index contributed by atoms with van der Waals surface area (Å²) in [5.41, 5.74) is 1.46. The fourth-order valence-corrected chi connectivity index (χ4v) is 2.64. The Morgan fingerprint density at radius 2 is 2.08 bits per heavy atom. The fraction of sp³-hybridized carbons (Fsp3) is 0.0667. The van der Waals surface area contributed by atoms with E-state index in [0.29, 0.717) is 5.69 Å². The zero-order chi connectivity index (χ0) is 17.2. The number of carbonyl (C=O) groups is 1. The highest BCUT2D eigenvalue weighted by Crippen LogP contribution is 2.21. The normalized spacial score (nSPS) is 10.8. The summed E-state index contributed by atoms with van der Waals surface area (Å²) >= 11 is 1.47. The van der Waals surface area contributed by atoms with Crippen LogP contribution in [0.2, 0.25) is 0 Å². The maximum atomic E-state index is 12.2. The first-order chi connectivity index (χ1) is 12.2. The van der Waals surface area contributed by atoms with Crippen molar-refractivity contribution in [1.29, 1.82) is 0 Å². The second-order valence-corrected chi connectivity index (χ2v) is 6.04. The van der Waals surface area contributed by atoms with E-state index < -0.39 is 5.91 Å². The van der Waals surface area contributed by atoms with Crippen LogP contribution in [0.25, 0.3) is 17.3 Å². The maximum Gasteiger partial charge on any atom is 0.322 e. The van der Waals surface area contributed by atoms with Crippen LogP contribution in [0.3, 0.4) is 0 Å². The van der Waals surface area contributed by atoms with E-state index in [1.54, 1.807) is 5.38 Å². The molecule has 0 aliphatic carbocycles. The van der Waals surface area contributed by atoms with Gasteiger partial charge in [-0.3, -0.25) is 10.1 Å². The van der Waals surface area contributed by atoms with Gasteiger partial charge >= 0.3 is 6.01 Å². The van der Waals surface area contributed by atoms with Crippen molar-refractivity contribution in [2.24, 2.45) is 0 Å². The summed E-state index contributed by atoms with van der Waals surface area (Å²) < 4.78 is 5.40. The Morgan fingerprint density at radius 1 is 1.24 bits per heavy atom. The summed E-state index contributed by atoms with van der Waals surface area (Å²) in [6.07, 6.45) is 1.36. The Balaban J connectivity index is 1.49. The molecule has 0 unspecified atom stereocenters. The summed E-state index contributed by atoms with van der Waals surface area (Å²) in [6, 6.07) is 9.25. The summed E-state index contributed by atoms with van der Waals surface area (Å²) in [6.45, 7) is 1.88. The third kappa shape index (κ3) is 3.15. The maximum absolute atomic E-state index is 12.2. The van der Waals surface area contributed by atoms with Gasteiger partial charge < -0.3 is 4.42 Å². The van der Waals surface area contributed by atoms with Crippen LogP contribution in [0.5, 0.6) is 0 Å². The zero-order valence-corrected chi connectivity index (χ0v) is 13.8. The molecule has 4 aromatic rings. The molecule has 0 spiro atoms. The van der Waals surface area contributed by atoms with Crippen LogP contribution in [-0.4, -0.2) is 36.1 Å². The lowest BCUT2D eigenvalue weighted by Gasteiger charge is -1.98. The van der Waals surface area contributed by atoms with Crippen LogP contribution < -0.4 is 5.32 Å². The monoisotopic (exact) mass is 353 g/mol. The number of hydrogen-bond acceptors (Lipinski definition) is 8. The molecule has 124 valence electrons. The van der Waals surface area contributed by atoms with Gasteiger partial charge in [-0.25, -0.2) is 4.98 Å². The molecule has 0 aliphatic rings. The molecule has 0 atom stereocenters. The van der Waals surface area contributed by atoms with Gasteiger partial charge in [-0.15, -0.1) is 21.5 Å². The van der Waals surface area contributed by atoms with Crippen LogP contribution in [0.1, 0.15) is 15.5 Å². The van der Waals surface area contributed by atoms with Crippen molar-refractivity contribution >= 4 is 23.3 Å². The Bertz CT molecular complexity index is 1020. The third-order valence-electron chi connectivity index (χ3n) is 3.20. The highest BCUT2D eigenvalue weighted by atomic mass is 32.1. The number of para-hydroxylation sites is 1. The summed E-state index contributed by atoms with van der Waals surface area (Å²) in [4.78, 5) is 17.9. The van der Waals surface area contributed by atoms with Crippen LogP contribution in [0.4, 0.5) is 6.01 Å². The SMILES string of the molecule is Cc1nc(-c2nnc(NC(=O)c3cnn(-c4ccccc4)n3)o2)cs1. The standard InChI is InChI=1S/C15H11N7O2S/c1-9-17-12(8-25-9)14-19-20-15(24-14)18-13(23)11-7-16-22(21-11)10-5-3-2-4-6-10/h2-8H,1H3,(H,18,20,23). The highest BCUT2D eigenvalue weighted by Gasteiger charge is 2.17. The van der Waals surface area contributed by atoms with Gasteiger partial charge in [-0.05, 0) is 19.1 Å². The minimum absolute atomic E-state index is 0.0279. The Labute approximate surface area is 145 Å². The van der Waals surface area contributed by atoms with Gasteiger partial charge in [0.15, 0.2) is 5.69 Å². The first-order valence-electron chi connectivity index (χ1n) is 7.24. The number of aromatic nitrogens is 6. The molecule has 1 aromatic carbocycles. The molecule has 0 bridgehead atoms. The fourth-order valence-electron chi connectivity index (χ4n) is 2.05. The van der Waals surface area contributed by atoms with Gasteiger partial charge in [0.25, 0.3) is 11.8 Å². The van der Waals surface area contributed by atoms with Crippen molar-refractivity contribution in [3.8, 4) is 17.3 Å². The van der Waals surface area contributed by atoms with Crippen molar-refractivity contribution in [3.05, 3.63) is 52.6 Å². The van der Waals surface area contributed by atoms with E-state index in [4.69, 9.17) is 4.42 Å². The Hall–Kier alpha value is -3.40. The first kappa shape index (κ1) is 15.1. The predicted octanol–water partition coefficient (Wildman–Crippen LogP) is 2.33. The van der Waals surface area contributed by atoms with E-state index in [0.717, 1.165) is 10.7 Å². The van der Waals surface area contributed by atoms with Crippen LogP contribution >= 0.6 is 11.3 Å². The molecule has 0 saturated heterocycles. The number of benzene rings is 1. The van der Waals surface area contributed by atoms with Gasteiger partial charge in [0.1, 0.15) is 5.69 Å².